The van der Waals surface area contributed by atoms with Crippen LogP contribution >= 0.6 is 11.8 Å². The molecule has 20 heavy (non-hydrogen) atoms. The van der Waals surface area contributed by atoms with Crippen molar-refractivity contribution >= 4 is 23.3 Å². The number of hydrogen-bond acceptors (Lipinski definition) is 4. The summed E-state index contributed by atoms with van der Waals surface area (Å²) < 4.78 is 0. The number of benzene rings is 1. The molecule has 2 aliphatic rings. The van der Waals surface area contributed by atoms with Crippen molar-refractivity contribution in [2.75, 3.05) is 37.3 Å². The van der Waals surface area contributed by atoms with Crippen LogP contribution in [0, 0.1) is 5.41 Å². The van der Waals surface area contributed by atoms with Gasteiger partial charge in [0.25, 0.3) is 0 Å². The number of nitrogen functional groups attached to an aromatic ring is 1. The van der Waals surface area contributed by atoms with Crippen LogP contribution in [0.15, 0.2) is 23.1 Å². The Kier molecular flexibility index (Phi) is 3.89. The molecule has 1 saturated carbocycles. The van der Waals surface area contributed by atoms with E-state index in [0.29, 0.717) is 0 Å². The lowest BCUT2D eigenvalue weighted by Crippen LogP contribution is -2.47. The molecule has 5 heteroatoms. The molecule has 3 N–H and O–H groups in total. The predicted molar refractivity (Wildman–Crippen MR) is 86.0 cm³/mol. The Bertz CT molecular complexity index is 505. The summed E-state index contributed by atoms with van der Waals surface area (Å²) in [4.78, 5) is 6.08. The summed E-state index contributed by atoms with van der Waals surface area (Å²) in [6.07, 6.45) is 4.79. The molecule has 2 fully saturated rings. The maximum absolute atomic E-state index is 7.88. The molecule has 0 bridgehead atoms. The second-order valence-corrected chi connectivity index (χ2v) is 6.37. The molecule has 1 aliphatic carbocycles. The summed E-state index contributed by atoms with van der Waals surface area (Å²) in [6.45, 7) is 4.33. The number of amidine groups is 1. The van der Waals surface area contributed by atoms with Crippen LogP contribution in [0.5, 0.6) is 0 Å². The zero-order valence-electron chi connectivity index (χ0n) is 11.9. The average molecular weight is 290 g/mol. The quantitative estimate of drug-likeness (QED) is 0.506. The first-order valence-corrected chi connectivity index (χ1v) is 8.43. The van der Waals surface area contributed by atoms with Crippen LogP contribution in [-0.4, -0.2) is 49.2 Å². The number of nitrogens with zero attached hydrogens (tertiary/aromatic N) is 2. The number of thioether (sulfide) groups is 1. The molecule has 0 spiro atoms. The minimum Gasteiger partial charge on any atom is -0.384 e. The maximum atomic E-state index is 7.88. The third-order valence-electron chi connectivity index (χ3n) is 4.21. The van der Waals surface area contributed by atoms with Gasteiger partial charge in [-0.2, -0.15) is 0 Å². The van der Waals surface area contributed by atoms with Gasteiger partial charge in [0.15, 0.2) is 0 Å². The van der Waals surface area contributed by atoms with Crippen molar-refractivity contribution < 1.29 is 0 Å². The van der Waals surface area contributed by atoms with Gasteiger partial charge in [0.2, 0.25) is 0 Å². The second-order valence-electron chi connectivity index (χ2n) is 5.52. The Hall–Kier alpha value is -1.20. The highest BCUT2D eigenvalue weighted by molar-refractivity contribution is 7.98. The Morgan fingerprint density at radius 3 is 2.50 bits per heavy atom. The lowest BCUT2D eigenvalue weighted by molar-refractivity contribution is 0.248. The van der Waals surface area contributed by atoms with E-state index >= 15 is 0 Å². The van der Waals surface area contributed by atoms with Crippen molar-refractivity contribution in [3.8, 4) is 0 Å². The average Bonchev–Trinajstić information content (AvgIpc) is 3.31. The van der Waals surface area contributed by atoms with Gasteiger partial charge in [-0.05, 0) is 31.2 Å². The van der Waals surface area contributed by atoms with Crippen molar-refractivity contribution in [2.45, 2.75) is 23.8 Å². The Morgan fingerprint density at radius 2 is 1.95 bits per heavy atom. The number of anilines is 1. The fourth-order valence-electron chi connectivity index (χ4n) is 2.99. The highest BCUT2D eigenvalue weighted by atomic mass is 32.2. The summed E-state index contributed by atoms with van der Waals surface area (Å²) in [7, 11) is 0. The molecular formula is C15H22N4S. The third kappa shape index (κ3) is 2.65. The minimum absolute atomic E-state index is 0.176. The van der Waals surface area contributed by atoms with Crippen LogP contribution in [-0.2, 0) is 0 Å². The van der Waals surface area contributed by atoms with E-state index in [9.17, 15) is 0 Å². The van der Waals surface area contributed by atoms with Crippen LogP contribution in [0.1, 0.15) is 18.4 Å². The fraction of sp³-hybridized carbons (Fsp3) is 0.533. The third-order valence-corrected chi connectivity index (χ3v) is 4.99. The molecule has 3 rings (SSSR count). The molecule has 4 nitrogen and oxygen atoms in total. The first-order valence-electron chi connectivity index (χ1n) is 7.21. The lowest BCUT2D eigenvalue weighted by Gasteiger charge is -2.37. The molecular weight excluding hydrogens is 268 g/mol. The van der Waals surface area contributed by atoms with Gasteiger partial charge in [0.05, 0.1) is 5.56 Å². The molecule has 1 aromatic rings. The monoisotopic (exact) mass is 290 g/mol. The van der Waals surface area contributed by atoms with Crippen LogP contribution in [0.2, 0.25) is 0 Å². The van der Waals surface area contributed by atoms with E-state index in [1.54, 1.807) is 11.8 Å². The van der Waals surface area contributed by atoms with Crippen molar-refractivity contribution in [2.24, 2.45) is 5.73 Å². The zero-order chi connectivity index (χ0) is 14.1. The Balaban J connectivity index is 1.81. The second kappa shape index (κ2) is 5.66. The Labute approximate surface area is 124 Å². The highest BCUT2D eigenvalue weighted by Gasteiger charge is 2.31. The van der Waals surface area contributed by atoms with Crippen molar-refractivity contribution in [3.63, 3.8) is 0 Å². The van der Waals surface area contributed by atoms with Gasteiger partial charge >= 0.3 is 0 Å². The van der Waals surface area contributed by atoms with E-state index in [4.69, 9.17) is 11.1 Å². The van der Waals surface area contributed by atoms with E-state index in [-0.39, 0.29) is 5.84 Å². The molecule has 1 aliphatic heterocycles. The van der Waals surface area contributed by atoms with Gasteiger partial charge in [-0.25, -0.2) is 0 Å². The van der Waals surface area contributed by atoms with E-state index in [1.165, 1.54) is 12.8 Å². The van der Waals surface area contributed by atoms with Gasteiger partial charge < -0.3 is 10.6 Å². The standard InChI is InChI=1S/C15H22N4S/c1-20-13-4-2-3-12(14(13)15(16)17)19-9-7-18(8-10-19)11-5-6-11/h2-4,11H,5-10H2,1H3,(H3,16,17). The molecule has 0 unspecified atom stereocenters. The Morgan fingerprint density at radius 1 is 1.25 bits per heavy atom. The molecule has 0 aromatic heterocycles. The molecule has 1 saturated heterocycles. The molecule has 108 valence electrons. The maximum Gasteiger partial charge on any atom is 0.126 e. The molecule has 0 amide bonds. The summed E-state index contributed by atoms with van der Waals surface area (Å²) in [5.74, 6) is 0.176. The van der Waals surface area contributed by atoms with Crippen LogP contribution in [0.25, 0.3) is 0 Å². The number of rotatable bonds is 4. The van der Waals surface area contributed by atoms with E-state index in [1.807, 2.05) is 12.3 Å². The van der Waals surface area contributed by atoms with Gasteiger partial charge in [-0.3, -0.25) is 10.3 Å². The summed E-state index contributed by atoms with van der Waals surface area (Å²) in [5.41, 5.74) is 7.84. The first-order chi connectivity index (χ1) is 9.70. The van der Waals surface area contributed by atoms with Gasteiger partial charge in [0, 0.05) is 42.8 Å². The highest BCUT2D eigenvalue weighted by Crippen LogP contribution is 2.32. The van der Waals surface area contributed by atoms with Crippen molar-refractivity contribution in [3.05, 3.63) is 23.8 Å². The molecule has 0 radical (unpaired) electrons. The molecule has 0 atom stereocenters. The summed E-state index contributed by atoms with van der Waals surface area (Å²) in [5, 5.41) is 7.88. The van der Waals surface area contributed by atoms with Crippen molar-refractivity contribution in [1.82, 2.24) is 4.90 Å². The number of piperazine rings is 1. The van der Waals surface area contributed by atoms with Gasteiger partial charge in [-0.1, -0.05) is 6.07 Å². The molecule has 1 aromatic carbocycles. The normalized spacial score (nSPS) is 20.1. The van der Waals surface area contributed by atoms with Crippen molar-refractivity contribution in [1.29, 1.82) is 5.41 Å². The van der Waals surface area contributed by atoms with Gasteiger partial charge in [0.1, 0.15) is 5.84 Å². The van der Waals surface area contributed by atoms with E-state index in [2.05, 4.69) is 21.9 Å². The molecule has 1 heterocycles. The van der Waals surface area contributed by atoms with E-state index in [0.717, 1.165) is 48.4 Å². The van der Waals surface area contributed by atoms with Crippen LogP contribution in [0.4, 0.5) is 5.69 Å². The number of hydrogen-bond donors (Lipinski definition) is 2. The minimum atomic E-state index is 0.176. The summed E-state index contributed by atoms with van der Waals surface area (Å²) in [6, 6.07) is 7.07. The number of nitrogens with two attached hydrogens (primary N) is 1. The largest absolute Gasteiger partial charge is 0.384 e. The van der Waals surface area contributed by atoms with E-state index < -0.39 is 0 Å². The van der Waals surface area contributed by atoms with Crippen LogP contribution < -0.4 is 10.6 Å². The summed E-state index contributed by atoms with van der Waals surface area (Å²) >= 11 is 1.66. The fourth-order valence-corrected chi connectivity index (χ4v) is 3.62. The zero-order valence-corrected chi connectivity index (χ0v) is 12.7. The topological polar surface area (TPSA) is 56.4 Å². The number of nitrogens with one attached hydrogen (secondary N) is 1. The van der Waals surface area contributed by atoms with Gasteiger partial charge in [-0.15, -0.1) is 11.8 Å². The predicted octanol–water partition coefficient (Wildman–Crippen LogP) is 1.98. The first kappa shape index (κ1) is 13.8. The smallest absolute Gasteiger partial charge is 0.126 e. The van der Waals surface area contributed by atoms with Crippen LogP contribution in [0.3, 0.4) is 0 Å². The SMILES string of the molecule is CSc1cccc(N2CCN(C3CC3)CC2)c1C(=N)N. The lowest BCUT2D eigenvalue weighted by atomic mass is 10.1.